The first-order valence-electron chi connectivity index (χ1n) is 18.4. The van der Waals surface area contributed by atoms with Crippen LogP contribution >= 0.6 is 0 Å². The van der Waals surface area contributed by atoms with E-state index in [-0.39, 0.29) is 11.3 Å². The standard InChI is InChI=1S/C42H56O3/c43-37-23-21-35(22-24-37)38-30-33-16-11-19-36(29-33)42(28-12-27-41(31-42)25-9-10-26-41)39(40(44)45)20-8-7-18-34(38)17-4-2-1-3-13-32-14-5-6-15-32/h5,7-8,11,14,16,19,21-24,29,32,34,38-39,43H,1-4,6,9-10,12-13,15,17-18,20,25-28,30-31H2,(H,44,45). The van der Waals surface area contributed by atoms with Gasteiger partial charge in [-0.1, -0.05) is 106 Å². The van der Waals surface area contributed by atoms with Crippen molar-refractivity contribution in [3.8, 4) is 5.75 Å². The molecule has 45 heavy (non-hydrogen) atoms. The van der Waals surface area contributed by atoms with Gasteiger partial charge in [0.25, 0.3) is 0 Å². The molecule has 6 rings (SSSR count). The molecule has 2 spiro atoms. The Kier molecular flexibility index (Phi) is 10.5. The predicted octanol–water partition coefficient (Wildman–Crippen LogP) is 11.1. The molecular formula is C42H56O3. The normalized spacial score (nSPS) is 29.5. The molecule has 2 N–H and O–H groups in total. The van der Waals surface area contributed by atoms with Gasteiger partial charge in [0.15, 0.2) is 0 Å². The van der Waals surface area contributed by atoms with E-state index < -0.39 is 5.97 Å². The summed E-state index contributed by atoms with van der Waals surface area (Å²) in [5.41, 5.74) is 3.92. The third-order valence-corrected chi connectivity index (χ3v) is 12.5. The molecule has 2 bridgehead atoms. The largest absolute Gasteiger partial charge is 0.508 e. The smallest absolute Gasteiger partial charge is 0.307 e. The highest BCUT2D eigenvalue weighted by molar-refractivity contribution is 5.73. The second-order valence-corrected chi connectivity index (χ2v) is 15.3. The zero-order chi connectivity index (χ0) is 31.1. The Morgan fingerprint density at radius 2 is 1.58 bits per heavy atom. The number of hydrogen-bond donors (Lipinski definition) is 2. The Labute approximate surface area is 272 Å². The minimum absolute atomic E-state index is 0.310. The topological polar surface area (TPSA) is 57.5 Å². The molecule has 2 aromatic carbocycles. The van der Waals surface area contributed by atoms with Crippen molar-refractivity contribution >= 4 is 5.97 Å². The summed E-state index contributed by atoms with van der Waals surface area (Å²) in [6, 6.07) is 17.1. The zero-order valence-corrected chi connectivity index (χ0v) is 27.5. The molecule has 3 nitrogen and oxygen atoms in total. The number of unbranched alkanes of at least 4 members (excludes halogenated alkanes) is 3. The average molecular weight is 609 g/mol. The predicted molar refractivity (Wildman–Crippen MR) is 185 cm³/mol. The molecule has 2 aromatic rings. The third kappa shape index (κ3) is 7.61. The molecule has 0 saturated heterocycles. The van der Waals surface area contributed by atoms with E-state index >= 15 is 0 Å². The summed E-state index contributed by atoms with van der Waals surface area (Å²) < 4.78 is 0. The fourth-order valence-electron chi connectivity index (χ4n) is 10.1. The minimum Gasteiger partial charge on any atom is -0.508 e. The molecule has 0 heterocycles. The fraction of sp³-hybridized carbons (Fsp3) is 0.595. The van der Waals surface area contributed by atoms with Crippen molar-refractivity contribution in [3.05, 3.63) is 89.5 Å². The number of phenolic OH excluding ortho intramolecular Hbond substituents is 1. The lowest BCUT2D eigenvalue weighted by molar-refractivity contribution is -0.146. The van der Waals surface area contributed by atoms with Gasteiger partial charge >= 0.3 is 5.97 Å². The van der Waals surface area contributed by atoms with Gasteiger partial charge in [0, 0.05) is 5.41 Å². The van der Waals surface area contributed by atoms with E-state index in [1.165, 1.54) is 100 Å². The van der Waals surface area contributed by atoms with Crippen molar-refractivity contribution in [2.45, 2.75) is 133 Å². The van der Waals surface area contributed by atoms with Crippen LogP contribution in [-0.2, 0) is 16.6 Å². The highest BCUT2D eigenvalue weighted by Crippen LogP contribution is 2.59. The minimum atomic E-state index is -0.622. The van der Waals surface area contributed by atoms with Crippen LogP contribution < -0.4 is 0 Å². The summed E-state index contributed by atoms with van der Waals surface area (Å²) in [5.74, 6) is 0.947. The van der Waals surface area contributed by atoms with Crippen molar-refractivity contribution in [1.29, 1.82) is 0 Å². The van der Waals surface area contributed by atoms with Crippen molar-refractivity contribution in [1.82, 2.24) is 0 Å². The second kappa shape index (κ2) is 14.7. The molecule has 0 aliphatic heterocycles. The van der Waals surface area contributed by atoms with Crippen molar-refractivity contribution in [2.24, 2.45) is 23.2 Å². The quantitative estimate of drug-likeness (QED) is 0.220. The number of carbonyl (C=O) groups is 1. The SMILES string of the molecule is O=C(O)C1CC=CCC(CCCCCCC2C=CCC2)C(c2ccc(O)cc2)Cc2cccc(c2)C12CCCC1(CCCC1)C2. The first kappa shape index (κ1) is 32.1. The van der Waals surface area contributed by atoms with Crippen LogP contribution in [0.15, 0.2) is 72.8 Å². The number of allylic oxidation sites excluding steroid dienone is 4. The van der Waals surface area contributed by atoms with Gasteiger partial charge in [-0.15, -0.1) is 0 Å². The van der Waals surface area contributed by atoms with Crippen LogP contribution in [0.3, 0.4) is 0 Å². The number of rotatable bonds is 9. The fourth-order valence-corrected chi connectivity index (χ4v) is 10.1. The van der Waals surface area contributed by atoms with Gasteiger partial charge in [-0.05, 0) is 129 Å². The molecular weight excluding hydrogens is 552 g/mol. The van der Waals surface area contributed by atoms with E-state index in [4.69, 9.17) is 0 Å². The number of phenols is 1. The summed E-state index contributed by atoms with van der Waals surface area (Å²) in [6.07, 6.45) is 31.6. The van der Waals surface area contributed by atoms with Crippen LogP contribution in [0.5, 0.6) is 5.75 Å². The van der Waals surface area contributed by atoms with Crippen LogP contribution in [-0.4, -0.2) is 16.2 Å². The molecule has 5 unspecified atom stereocenters. The van der Waals surface area contributed by atoms with E-state index in [0.717, 1.165) is 38.0 Å². The summed E-state index contributed by atoms with van der Waals surface area (Å²) in [6.45, 7) is 0. The van der Waals surface area contributed by atoms with E-state index in [1.807, 2.05) is 12.1 Å². The Morgan fingerprint density at radius 3 is 2.33 bits per heavy atom. The molecule has 3 heteroatoms. The van der Waals surface area contributed by atoms with E-state index in [9.17, 15) is 15.0 Å². The number of benzene rings is 2. The maximum atomic E-state index is 13.1. The Morgan fingerprint density at radius 1 is 0.822 bits per heavy atom. The van der Waals surface area contributed by atoms with Crippen LogP contribution in [0.2, 0.25) is 0 Å². The number of carboxylic acids is 1. The number of hydrogen-bond acceptors (Lipinski definition) is 2. The first-order chi connectivity index (χ1) is 22.0. The van der Waals surface area contributed by atoms with Gasteiger partial charge in [-0.25, -0.2) is 0 Å². The second-order valence-electron chi connectivity index (χ2n) is 15.3. The van der Waals surface area contributed by atoms with E-state index in [1.54, 1.807) is 0 Å². The number of carboxylic acid groups (broad SMARTS) is 1. The molecule has 0 amide bonds. The van der Waals surface area contributed by atoms with Gasteiger partial charge in [0.05, 0.1) is 5.92 Å². The third-order valence-electron chi connectivity index (χ3n) is 12.5. The van der Waals surface area contributed by atoms with Crippen LogP contribution in [0, 0.1) is 23.2 Å². The van der Waals surface area contributed by atoms with E-state index in [2.05, 4.69) is 60.7 Å². The zero-order valence-electron chi connectivity index (χ0n) is 27.5. The summed E-state index contributed by atoms with van der Waals surface area (Å²) in [5, 5.41) is 20.9. The molecule has 5 atom stereocenters. The Bertz CT molecular complexity index is 1320. The van der Waals surface area contributed by atoms with Gasteiger partial charge in [-0.2, -0.15) is 0 Å². The molecule has 2 saturated carbocycles. The number of fused-ring (bicyclic) bond motifs is 3. The highest BCUT2D eigenvalue weighted by Gasteiger charge is 2.52. The van der Waals surface area contributed by atoms with Crippen molar-refractivity contribution in [2.75, 3.05) is 0 Å². The van der Waals surface area contributed by atoms with Crippen LogP contribution in [0.1, 0.15) is 138 Å². The summed E-state index contributed by atoms with van der Waals surface area (Å²) in [7, 11) is 0. The van der Waals surface area contributed by atoms with E-state index in [0.29, 0.717) is 29.4 Å². The average Bonchev–Trinajstić information content (AvgIpc) is 3.73. The maximum Gasteiger partial charge on any atom is 0.307 e. The van der Waals surface area contributed by atoms with Crippen molar-refractivity contribution in [3.63, 3.8) is 0 Å². The number of aliphatic carboxylic acids is 1. The lowest BCUT2D eigenvalue weighted by Gasteiger charge is -2.50. The van der Waals surface area contributed by atoms with Gasteiger partial charge in [0.1, 0.15) is 5.75 Å². The number of aromatic hydroxyl groups is 1. The lowest BCUT2D eigenvalue weighted by atomic mass is 9.53. The molecule has 0 aromatic heterocycles. The molecule has 4 aliphatic carbocycles. The van der Waals surface area contributed by atoms with Crippen LogP contribution in [0.25, 0.3) is 0 Å². The maximum absolute atomic E-state index is 13.1. The highest BCUT2D eigenvalue weighted by atomic mass is 16.4. The van der Waals surface area contributed by atoms with Gasteiger partial charge < -0.3 is 10.2 Å². The van der Waals surface area contributed by atoms with Gasteiger partial charge in [0.2, 0.25) is 0 Å². The van der Waals surface area contributed by atoms with Crippen LogP contribution in [0.4, 0.5) is 0 Å². The summed E-state index contributed by atoms with van der Waals surface area (Å²) >= 11 is 0. The summed E-state index contributed by atoms with van der Waals surface area (Å²) in [4.78, 5) is 13.1. The molecule has 0 radical (unpaired) electrons. The first-order valence-corrected chi connectivity index (χ1v) is 18.4. The molecule has 242 valence electrons. The lowest BCUT2D eigenvalue weighted by Crippen LogP contribution is -2.46. The molecule has 4 aliphatic rings. The van der Waals surface area contributed by atoms with Crippen molar-refractivity contribution < 1.29 is 15.0 Å². The molecule has 2 fully saturated rings. The monoisotopic (exact) mass is 608 g/mol. The van der Waals surface area contributed by atoms with Gasteiger partial charge in [-0.3, -0.25) is 4.79 Å². The Hall–Kier alpha value is -2.81. The Balaban J connectivity index is 1.27.